The van der Waals surface area contributed by atoms with Crippen molar-refractivity contribution < 1.29 is 14.3 Å². The molecule has 22 heavy (non-hydrogen) atoms. The molecule has 3 nitrogen and oxygen atoms in total. The third-order valence-corrected chi connectivity index (χ3v) is 4.17. The van der Waals surface area contributed by atoms with Gasteiger partial charge in [0.25, 0.3) is 0 Å². The van der Waals surface area contributed by atoms with Gasteiger partial charge in [-0.2, -0.15) is 0 Å². The molecule has 0 radical (unpaired) electrons. The van der Waals surface area contributed by atoms with Gasteiger partial charge in [0.2, 0.25) is 5.91 Å². The number of aliphatic hydroxyl groups is 1. The van der Waals surface area contributed by atoms with Gasteiger partial charge in [0, 0.05) is 12.5 Å². The van der Waals surface area contributed by atoms with E-state index in [4.69, 9.17) is 0 Å². The number of benzene rings is 2. The SMILES string of the molecule is O=C(NCc1ccccc1CO)[C@@H]1C[C@H]1c1ccc(F)cc1. The summed E-state index contributed by atoms with van der Waals surface area (Å²) in [7, 11) is 0. The second kappa shape index (κ2) is 6.28. The van der Waals surface area contributed by atoms with E-state index in [1.54, 1.807) is 12.1 Å². The summed E-state index contributed by atoms with van der Waals surface area (Å²) in [5.74, 6) is -0.0893. The first-order chi connectivity index (χ1) is 10.7. The number of aliphatic hydroxyl groups excluding tert-OH is 1. The Kier molecular flexibility index (Phi) is 4.20. The van der Waals surface area contributed by atoms with Crippen LogP contribution in [0.1, 0.15) is 29.0 Å². The molecule has 0 unspecified atom stereocenters. The van der Waals surface area contributed by atoms with Gasteiger partial charge >= 0.3 is 0 Å². The van der Waals surface area contributed by atoms with Gasteiger partial charge in [-0.05, 0) is 41.2 Å². The molecule has 2 N–H and O–H groups in total. The van der Waals surface area contributed by atoms with Crippen molar-refractivity contribution in [3.05, 3.63) is 71.0 Å². The predicted molar refractivity (Wildman–Crippen MR) is 81.5 cm³/mol. The highest BCUT2D eigenvalue weighted by Crippen LogP contribution is 2.47. The first kappa shape index (κ1) is 14.7. The van der Waals surface area contributed by atoms with Crippen LogP contribution in [0.2, 0.25) is 0 Å². The van der Waals surface area contributed by atoms with Crippen LogP contribution in [0.4, 0.5) is 4.39 Å². The summed E-state index contributed by atoms with van der Waals surface area (Å²) in [5.41, 5.74) is 2.77. The molecule has 0 spiro atoms. The molecule has 1 saturated carbocycles. The maximum atomic E-state index is 12.9. The molecular formula is C18H18FNO2. The molecule has 1 aliphatic carbocycles. The van der Waals surface area contributed by atoms with Gasteiger partial charge in [0.15, 0.2) is 0 Å². The quantitative estimate of drug-likeness (QED) is 0.892. The maximum absolute atomic E-state index is 12.9. The van der Waals surface area contributed by atoms with Crippen LogP contribution in [0, 0.1) is 11.7 Å². The molecule has 0 aromatic heterocycles. The molecule has 1 amide bonds. The van der Waals surface area contributed by atoms with Gasteiger partial charge in [-0.25, -0.2) is 4.39 Å². The lowest BCUT2D eigenvalue weighted by atomic mass is 10.1. The summed E-state index contributed by atoms with van der Waals surface area (Å²) >= 11 is 0. The van der Waals surface area contributed by atoms with Crippen molar-refractivity contribution in [1.29, 1.82) is 0 Å². The lowest BCUT2D eigenvalue weighted by Crippen LogP contribution is -2.25. The molecule has 4 heteroatoms. The van der Waals surface area contributed by atoms with Crippen LogP contribution in [0.3, 0.4) is 0 Å². The Balaban J connectivity index is 1.56. The van der Waals surface area contributed by atoms with Gasteiger partial charge in [-0.3, -0.25) is 4.79 Å². The summed E-state index contributed by atoms with van der Waals surface area (Å²) in [4.78, 5) is 12.2. The highest BCUT2D eigenvalue weighted by atomic mass is 19.1. The summed E-state index contributed by atoms with van der Waals surface area (Å²) in [6, 6.07) is 13.8. The number of amides is 1. The van der Waals surface area contributed by atoms with Crippen LogP contribution in [0.15, 0.2) is 48.5 Å². The number of halogens is 1. The van der Waals surface area contributed by atoms with Crippen LogP contribution in [-0.4, -0.2) is 11.0 Å². The average molecular weight is 299 g/mol. The first-order valence-electron chi connectivity index (χ1n) is 7.40. The summed E-state index contributed by atoms with van der Waals surface area (Å²) < 4.78 is 12.9. The van der Waals surface area contributed by atoms with Crippen molar-refractivity contribution >= 4 is 5.91 Å². The first-order valence-corrected chi connectivity index (χ1v) is 7.40. The molecule has 3 rings (SSSR count). The van der Waals surface area contributed by atoms with Crippen molar-refractivity contribution in [2.75, 3.05) is 0 Å². The Morgan fingerprint density at radius 3 is 2.50 bits per heavy atom. The Hall–Kier alpha value is -2.20. The zero-order valence-corrected chi connectivity index (χ0v) is 12.1. The standard InChI is InChI=1S/C18H18FNO2/c19-15-7-5-12(6-8-15)16-9-17(16)18(22)20-10-13-3-1-2-4-14(13)11-21/h1-8,16-17,21H,9-11H2,(H,20,22)/t16-,17+/m0/s1. The number of nitrogens with one attached hydrogen (secondary N) is 1. The van der Waals surface area contributed by atoms with E-state index in [9.17, 15) is 14.3 Å². The summed E-state index contributed by atoms with van der Waals surface area (Å²) in [6.07, 6.45) is 0.805. The van der Waals surface area contributed by atoms with E-state index in [2.05, 4.69) is 5.32 Å². The normalized spacial score (nSPS) is 19.7. The molecule has 0 saturated heterocycles. The number of carbonyl (C=O) groups excluding carboxylic acids is 1. The van der Waals surface area contributed by atoms with Crippen molar-refractivity contribution in [2.24, 2.45) is 5.92 Å². The smallest absolute Gasteiger partial charge is 0.224 e. The molecule has 0 aliphatic heterocycles. The summed E-state index contributed by atoms with van der Waals surface area (Å²) in [5, 5.41) is 12.2. The van der Waals surface area contributed by atoms with E-state index in [1.807, 2.05) is 24.3 Å². The molecule has 0 bridgehead atoms. The molecule has 2 aromatic rings. The van der Waals surface area contributed by atoms with Crippen molar-refractivity contribution in [1.82, 2.24) is 5.32 Å². The molecule has 0 heterocycles. The molecular weight excluding hydrogens is 281 g/mol. The van der Waals surface area contributed by atoms with Crippen molar-refractivity contribution in [3.8, 4) is 0 Å². The number of carbonyl (C=O) groups is 1. The minimum absolute atomic E-state index is 0.0158. The number of hydrogen-bond acceptors (Lipinski definition) is 2. The van der Waals surface area contributed by atoms with Crippen LogP contribution in [0.25, 0.3) is 0 Å². The third kappa shape index (κ3) is 3.17. The van der Waals surface area contributed by atoms with Crippen LogP contribution < -0.4 is 5.32 Å². The molecule has 2 atom stereocenters. The zero-order chi connectivity index (χ0) is 15.5. The maximum Gasteiger partial charge on any atom is 0.224 e. The number of hydrogen-bond donors (Lipinski definition) is 2. The van der Waals surface area contributed by atoms with E-state index in [0.29, 0.717) is 6.54 Å². The highest BCUT2D eigenvalue weighted by molar-refractivity contribution is 5.82. The molecule has 114 valence electrons. The monoisotopic (exact) mass is 299 g/mol. The minimum Gasteiger partial charge on any atom is -0.392 e. The second-order valence-corrected chi connectivity index (χ2v) is 5.64. The van der Waals surface area contributed by atoms with Crippen molar-refractivity contribution in [3.63, 3.8) is 0 Å². The van der Waals surface area contributed by atoms with Gasteiger partial charge < -0.3 is 10.4 Å². The van der Waals surface area contributed by atoms with Gasteiger partial charge in [-0.15, -0.1) is 0 Å². The Morgan fingerprint density at radius 1 is 1.14 bits per heavy atom. The van der Waals surface area contributed by atoms with E-state index < -0.39 is 0 Å². The highest BCUT2D eigenvalue weighted by Gasteiger charge is 2.43. The fourth-order valence-corrected chi connectivity index (χ4v) is 2.76. The zero-order valence-electron chi connectivity index (χ0n) is 12.1. The van der Waals surface area contributed by atoms with E-state index in [0.717, 1.165) is 23.1 Å². The largest absolute Gasteiger partial charge is 0.392 e. The lowest BCUT2D eigenvalue weighted by molar-refractivity contribution is -0.122. The molecule has 2 aromatic carbocycles. The molecule has 1 fully saturated rings. The Labute approximate surface area is 128 Å². The van der Waals surface area contributed by atoms with Gasteiger partial charge in [0.05, 0.1) is 6.61 Å². The number of rotatable bonds is 5. The summed E-state index contributed by atoms with van der Waals surface area (Å²) in [6.45, 7) is 0.385. The lowest BCUT2D eigenvalue weighted by Gasteiger charge is -2.09. The Bertz CT molecular complexity index is 669. The van der Waals surface area contributed by atoms with Crippen LogP contribution in [0.5, 0.6) is 0 Å². The third-order valence-electron chi connectivity index (χ3n) is 4.17. The Morgan fingerprint density at radius 2 is 1.82 bits per heavy atom. The molecule has 1 aliphatic rings. The van der Waals surface area contributed by atoms with Crippen LogP contribution >= 0.6 is 0 Å². The van der Waals surface area contributed by atoms with Gasteiger partial charge in [0.1, 0.15) is 5.82 Å². The van der Waals surface area contributed by atoms with E-state index in [-0.39, 0.29) is 30.2 Å². The van der Waals surface area contributed by atoms with E-state index >= 15 is 0 Å². The predicted octanol–water partition coefficient (Wildman–Crippen LogP) is 2.74. The fraction of sp³-hybridized carbons (Fsp3) is 0.278. The van der Waals surface area contributed by atoms with E-state index in [1.165, 1.54) is 12.1 Å². The second-order valence-electron chi connectivity index (χ2n) is 5.64. The topological polar surface area (TPSA) is 49.3 Å². The average Bonchev–Trinajstić information content (AvgIpc) is 3.34. The van der Waals surface area contributed by atoms with Crippen molar-refractivity contribution in [2.45, 2.75) is 25.5 Å². The van der Waals surface area contributed by atoms with Gasteiger partial charge in [-0.1, -0.05) is 36.4 Å². The van der Waals surface area contributed by atoms with Crippen LogP contribution in [-0.2, 0) is 17.9 Å². The minimum atomic E-state index is -0.258. The fourth-order valence-electron chi connectivity index (χ4n) is 2.76.